The van der Waals surface area contributed by atoms with Crippen LogP contribution in [-0.4, -0.2) is 76.1 Å². The molecule has 0 aromatic heterocycles. The third-order valence-corrected chi connectivity index (χ3v) is 14.1. The van der Waals surface area contributed by atoms with Crippen LogP contribution in [0.2, 0.25) is 5.02 Å². The molecule has 10 nitrogen and oxygen atoms in total. The van der Waals surface area contributed by atoms with Gasteiger partial charge >= 0.3 is 0 Å². The third kappa shape index (κ3) is 6.90. The Bertz CT molecular complexity index is 1770. The first-order valence-electron chi connectivity index (χ1n) is 17.7. The Morgan fingerprint density at radius 2 is 1.98 bits per heavy atom. The number of nitrogens with one attached hydrogen (secondary N) is 2. The molecule has 2 bridgehead atoms. The van der Waals surface area contributed by atoms with E-state index in [1.807, 2.05) is 25.1 Å². The number of fused-ring (bicyclic) bond motifs is 4. The number of anilines is 1. The summed E-state index contributed by atoms with van der Waals surface area (Å²) in [4.78, 5) is 29.2. The molecule has 2 aliphatic carbocycles. The molecular weight excluding hydrogens is 678 g/mol. The fourth-order valence-electron chi connectivity index (χ4n) is 8.82. The minimum absolute atomic E-state index is 0.0560. The van der Waals surface area contributed by atoms with Crippen LogP contribution in [0.15, 0.2) is 48.6 Å². The van der Waals surface area contributed by atoms with Gasteiger partial charge in [-0.2, -0.15) is 0 Å². The van der Waals surface area contributed by atoms with E-state index in [4.69, 9.17) is 21.1 Å². The summed E-state index contributed by atoms with van der Waals surface area (Å²) in [5.74, 6) is -0.670. The van der Waals surface area contributed by atoms with E-state index in [0.717, 1.165) is 37.8 Å². The van der Waals surface area contributed by atoms with Gasteiger partial charge in [0, 0.05) is 42.7 Å². The van der Waals surface area contributed by atoms with Gasteiger partial charge in [-0.05, 0) is 104 Å². The third-order valence-electron chi connectivity index (χ3n) is 12.0. The van der Waals surface area contributed by atoms with Gasteiger partial charge in [-0.15, -0.1) is 0 Å². The summed E-state index contributed by atoms with van der Waals surface area (Å²) in [6.45, 7) is 7.31. The van der Waals surface area contributed by atoms with Gasteiger partial charge in [-0.3, -0.25) is 9.59 Å². The number of benzene rings is 2. The second-order valence-corrected chi connectivity index (χ2v) is 17.7. The van der Waals surface area contributed by atoms with Crippen LogP contribution in [0.4, 0.5) is 5.69 Å². The summed E-state index contributed by atoms with van der Waals surface area (Å²) in [5, 5.41) is 12.0. The van der Waals surface area contributed by atoms with Crippen molar-refractivity contribution in [1.82, 2.24) is 10.0 Å². The molecule has 0 radical (unpaired) electrons. The lowest BCUT2D eigenvalue weighted by atomic mass is 9.54. The summed E-state index contributed by atoms with van der Waals surface area (Å²) in [5.41, 5.74) is 1.76. The molecule has 1 unspecified atom stereocenters. The molecule has 1 saturated carbocycles. The molecule has 6 rings (SSSR count). The number of aryl methyl sites for hydroxylation is 1. The van der Waals surface area contributed by atoms with Gasteiger partial charge in [0.1, 0.15) is 5.75 Å². The van der Waals surface area contributed by atoms with Crippen LogP contribution in [0, 0.1) is 17.3 Å². The van der Waals surface area contributed by atoms with Crippen LogP contribution in [0.25, 0.3) is 0 Å². The molecule has 1 spiro atoms. The average molecular weight is 728 g/mol. The number of methoxy groups -OCH3 is 1. The molecule has 272 valence electrons. The number of nitrogens with zero attached hydrogens (tertiary/aromatic N) is 1. The summed E-state index contributed by atoms with van der Waals surface area (Å²) in [6.07, 6.45) is 8.87. The summed E-state index contributed by atoms with van der Waals surface area (Å²) >= 11 is 6.46. The van der Waals surface area contributed by atoms with Crippen molar-refractivity contribution in [3.63, 3.8) is 0 Å². The van der Waals surface area contributed by atoms with Crippen LogP contribution < -0.4 is 19.7 Å². The number of aliphatic hydroxyl groups excluding tert-OH is 1. The molecule has 2 aromatic carbocycles. The number of aliphatic hydroxyl groups is 1. The van der Waals surface area contributed by atoms with Crippen LogP contribution in [0.3, 0.4) is 0 Å². The SMILES string of the molecule is CO[C@@]1(CC(=O)NCCO)/C=C/C[C@H](C)[C@@H](C)S(=O)(=O)NC(=O)c2ccc3c(c2)N(CC2(C)CC[C@H]21)C[C@@]1(CCCc2cc(Cl)ccc21)CO3. The molecule has 4 aliphatic rings. The molecule has 0 saturated heterocycles. The van der Waals surface area contributed by atoms with Gasteiger partial charge in [-0.1, -0.05) is 43.7 Å². The summed E-state index contributed by atoms with van der Waals surface area (Å²) < 4.78 is 42.3. The standard InChI is InChI=1S/C38H50ClN3O7S/c1-25-7-5-15-38(48-4,21-34(44)40-17-18-43)33-13-16-36(33,3)22-42-23-37(14-6-8-27-19-29(39)10-11-30(27)37)24-49-32-12-9-28(20-31(32)42)35(45)41-50(46,47)26(25)2/h5,9-12,15,19-20,25-26,33,43H,6-8,13-14,16-18,21-24H2,1-4H3,(H,40,44)(H,41,45)/b15-5+/t25-,26+,33+,36?,37-,38+/m0/s1. The Morgan fingerprint density at radius 1 is 1.18 bits per heavy atom. The molecule has 12 heteroatoms. The average Bonchev–Trinajstić information content (AvgIpc) is 3.22. The van der Waals surface area contributed by atoms with Crippen molar-refractivity contribution in [2.24, 2.45) is 17.3 Å². The topological polar surface area (TPSA) is 134 Å². The zero-order valence-electron chi connectivity index (χ0n) is 29.5. The van der Waals surface area contributed by atoms with Gasteiger partial charge in [0.05, 0.1) is 36.2 Å². The predicted molar refractivity (Wildman–Crippen MR) is 194 cm³/mol. The van der Waals surface area contributed by atoms with Crippen LogP contribution in [0.1, 0.15) is 80.8 Å². The monoisotopic (exact) mass is 727 g/mol. The van der Waals surface area contributed by atoms with E-state index in [1.54, 1.807) is 32.2 Å². The highest BCUT2D eigenvalue weighted by Crippen LogP contribution is 2.56. The van der Waals surface area contributed by atoms with Gasteiger partial charge < -0.3 is 24.8 Å². The smallest absolute Gasteiger partial charge is 0.264 e. The second kappa shape index (κ2) is 14.1. The van der Waals surface area contributed by atoms with Crippen molar-refractivity contribution in [3.05, 3.63) is 70.3 Å². The van der Waals surface area contributed by atoms with Crippen molar-refractivity contribution in [3.8, 4) is 5.75 Å². The van der Waals surface area contributed by atoms with Gasteiger partial charge in [0.25, 0.3) is 5.91 Å². The lowest BCUT2D eigenvalue weighted by molar-refractivity contribution is -0.142. The Kier molecular flexibility index (Phi) is 10.4. The fourth-order valence-corrected chi connectivity index (χ4v) is 10.3. The predicted octanol–water partition coefficient (Wildman–Crippen LogP) is 5.16. The highest BCUT2D eigenvalue weighted by atomic mass is 35.5. The molecule has 6 atom stereocenters. The van der Waals surface area contributed by atoms with Crippen molar-refractivity contribution >= 4 is 39.1 Å². The van der Waals surface area contributed by atoms with E-state index < -0.39 is 26.8 Å². The molecule has 2 aromatic rings. The number of amides is 2. The van der Waals surface area contributed by atoms with Crippen LogP contribution in [0.5, 0.6) is 5.75 Å². The maximum Gasteiger partial charge on any atom is 0.264 e. The maximum atomic E-state index is 13.6. The minimum atomic E-state index is -4.03. The number of allylic oxidation sites excluding steroid dienone is 1. The normalized spacial score (nSPS) is 32.7. The van der Waals surface area contributed by atoms with Crippen molar-refractivity contribution in [2.75, 3.05) is 44.9 Å². The van der Waals surface area contributed by atoms with E-state index in [1.165, 1.54) is 11.1 Å². The number of rotatable bonds is 5. The number of hydrogen-bond acceptors (Lipinski definition) is 8. The first-order valence-corrected chi connectivity index (χ1v) is 19.6. The second-order valence-electron chi connectivity index (χ2n) is 15.2. The van der Waals surface area contributed by atoms with Crippen molar-refractivity contribution < 1.29 is 32.6 Å². The zero-order chi connectivity index (χ0) is 35.9. The number of sulfonamides is 1. The Labute approximate surface area is 301 Å². The first-order chi connectivity index (χ1) is 23.7. The van der Waals surface area contributed by atoms with E-state index in [9.17, 15) is 23.1 Å². The fraction of sp³-hybridized carbons (Fsp3) is 0.579. The number of ether oxygens (including phenoxy) is 2. The Hall–Kier alpha value is -3.12. The molecule has 2 aliphatic heterocycles. The van der Waals surface area contributed by atoms with Crippen molar-refractivity contribution in [1.29, 1.82) is 0 Å². The lowest BCUT2D eigenvalue weighted by Crippen LogP contribution is -2.59. The number of carbonyl (C=O) groups is 2. The van der Waals surface area contributed by atoms with E-state index in [-0.39, 0.29) is 53.7 Å². The molecule has 1 fully saturated rings. The Balaban J connectivity index is 1.48. The van der Waals surface area contributed by atoms with Crippen molar-refractivity contribution in [2.45, 2.75) is 82.0 Å². The van der Waals surface area contributed by atoms with Gasteiger partial charge in [0.2, 0.25) is 15.9 Å². The highest BCUT2D eigenvalue weighted by Gasteiger charge is 2.56. The minimum Gasteiger partial charge on any atom is -0.490 e. The van der Waals surface area contributed by atoms with Crippen LogP contribution in [-0.2, 0) is 31.4 Å². The summed E-state index contributed by atoms with van der Waals surface area (Å²) in [6, 6.07) is 11.3. The van der Waals surface area contributed by atoms with Gasteiger partial charge in [-0.25, -0.2) is 13.1 Å². The van der Waals surface area contributed by atoms with Crippen LogP contribution >= 0.6 is 11.6 Å². The number of carbonyl (C=O) groups excluding carboxylic acids is 2. The molecule has 50 heavy (non-hydrogen) atoms. The van der Waals surface area contributed by atoms with E-state index in [0.29, 0.717) is 36.9 Å². The van der Waals surface area contributed by atoms with E-state index >= 15 is 0 Å². The highest BCUT2D eigenvalue weighted by molar-refractivity contribution is 7.90. The maximum absolute atomic E-state index is 13.6. The largest absolute Gasteiger partial charge is 0.490 e. The molecule has 2 heterocycles. The quantitative estimate of drug-likeness (QED) is 0.360. The lowest BCUT2D eigenvalue weighted by Gasteiger charge is -2.57. The molecule has 2 amide bonds. The Morgan fingerprint density at radius 3 is 2.70 bits per heavy atom. The number of halogens is 1. The van der Waals surface area contributed by atoms with E-state index in [2.05, 4.69) is 34.0 Å². The molecule has 3 N–H and O–H groups in total. The summed E-state index contributed by atoms with van der Waals surface area (Å²) in [7, 11) is -2.39. The number of hydrogen-bond donors (Lipinski definition) is 3. The first kappa shape index (κ1) is 36.7. The zero-order valence-corrected chi connectivity index (χ0v) is 31.0. The van der Waals surface area contributed by atoms with Gasteiger partial charge in [0.15, 0.2) is 0 Å². The molecular formula is C38H50ClN3O7S.